The molecule has 0 aromatic heterocycles. The Hall–Kier alpha value is -2.49. The molecule has 2 atom stereocenters. The van der Waals surface area contributed by atoms with E-state index in [9.17, 15) is 4.79 Å². The number of amides is 1. The highest BCUT2D eigenvalue weighted by atomic mass is 16.7. The Bertz CT molecular complexity index is 744. The molecule has 2 aromatic carbocycles. The first-order chi connectivity index (χ1) is 11.7. The van der Waals surface area contributed by atoms with Crippen LogP contribution in [0.5, 0.6) is 11.5 Å². The second kappa shape index (κ2) is 6.19. The van der Waals surface area contributed by atoms with Gasteiger partial charge in [0.1, 0.15) is 0 Å². The first kappa shape index (κ1) is 15.1. The molecule has 24 heavy (non-hydrogen) atoms. The van der Waals surface area contributed by atoms with Crippen molar-refractivity contribution in [3.8, 4) is 11.5 Å². The summed E-state index contributed by atoms with van der Waals surface area (Å²) in [6.45, 7) is 3.21. The van der Waals surface area contributed by atoms with Gasteiger partial charge in [-0.15, -0.1) is 0 Å². The van der Waals surface area contributed by atoms with Crippen molar-refractivity contribution < 1.29 is 14.3 Å². The number of benzene rings is 2. The Morgan fingerprint density at radius 1 is 1.12 bits per heavy atom. The van der Waals surface area contributed by atoms with Gasteiger partial charge in [-0.05, 0) is 43.0 Å². The zero-order chi connectivity index (χ0) is 16.5. The first-order valence-corrected chi connectivity index (χ1v) is 8.46. The van der Waals surface area contributed by atoms with Gasteiger partial charge < -0.3 is 14.4 Å². The molecule has 0 unspecified atom stereocenters. The molecule has 4 nitrogen and oxygen atoms in total. The highest BCUT2D eigenvalue weighted by molar-refractivity contribution is 5.81. The van der Waals surface area contributed by atoms with Crippen molar-refractivity contribution in [2.75, 3.05) is 13.3 Å². The first-order valence-electron chi connectivity index (χ1n) is 8.46. The highest BCUT2D eigenvalue weighted by Gasteiger charge is 2.34. The predicted octanol–water partition coefficient (Wildman–Crippen LogP) is 3.57. The van der Waals surface area contributed by atoms with Crippen molar-refractivity contribution in [1.82, 2.24) is 4.90 Å². The van der Waals surface area contributed by atoms with Crippen molar-refractivity contribution in [2.45, 2.75) is 25.8 Å². The number of carbonyl (C=O) groups is 1. The van der Waals surface area contributed by atoms with Crippen LogP contribution < -0.4 is 9.47 Å². The molecule has 2 heterocycles. The Kier molecular flexibility index (Phi) is 3.89. The number of likely N-dealkylation sites (tertiary alicyclic amines) is 1. The van der Waals surface area contributed by atoms with Crippen LogP contribution in [0.25, 0.3) is 0 Å². The van der Waals surface area contributed by atoms with Crippen LogP contribution >= 0.6 is 0 Å². The van der Waals surface area contributed by atoms with E-state index < -0.39 is 0 Å². The van der Waals surface area contributed by atoms with Crippen LogP contribution in [0.1, 0.15) is 30.5 Å². The average Bonchev–Trinajstić information content (AvgIpc) is 3.22. The lowest BCUT2D eigenvalue weighted by molar-refractivity contribution is -0.132. The highest BCUT2D eigenvalue weighted by Crippen LogP contribution is 2.35. The summed E-state index contributed by atoms with van der Waals surface area (Å²) in [5.41, 5.74) is 2.32. The lowest BCUT2D eigenvalue weighted by atomic mass is 9.97. The van der Waals surface area contributed by atoms with E-state index in [0.717, 1.165) is 36.4 Å². The molecule has 0 saturated carbocycles. The molecule has 1 saturated heterocycles. The molecule has 0 bridgehead atoms. The van der Waals surface area contributed by atoms with Crippen molar-refractivity contribution >= 4 is 5.91 Å². The van der Waals surface area contributed by atoms with Crippen molar-refractivity contribution in [3.05, 3.63) is 59.7 Å². The number of hydrogen-bond donors (Lipinski definition) is 0. The lowest BCUT2D eigenvalue weighted by Gasteiger charge is -2.25. The fraction of sp³-hybridized carbons (Fsp3) is 0.350. The maximum Gasteiger partial charge on any atom is 0.231 e. The summed E-state index contributed by atoms with van der Waals surface area (Å²) in [5.74, 6) is 1.88. The summed E-state index contributed by atoms with van der Waals surface area (Å²) in [4.78, 5) is 14.8. The van der Waals surface area contributed by atoms with E-state index in [-0.39, 0.29) is 24.7 Å². The van der Waals surface area contributed by atoms with Gasteiger partial charge in [0.05, 0.1) is 6.04 Å². The molecule has 0 aliphatic carbocycles. The monoisotopic (exact) mass is 323 g/mol. The van der Waals surface area contributed by atoms with E-state index in [0.29, 0.717) is 0 Å². The average molecular weight is 323 g/mol. The standard InChI is InChI=1S/C20H21NO3/c1-14(16-5-3-2-4-6-16)21-10-9-17(20(21)22)11-15-7-8-18-19(12-15)24-13-23-18/h2-8,12,14,17H,9-11,13H2,1H3/t14-,17+/m0/s1. The van der Waals surface area contributed by atoms with Crippen LogP contribution in [-0.2, 0) is 11.2 Å². The second-order valence-corrected chi connectivity index (χ2v) is 6.50. The molecule has 4 rings (SSSR count). The molecular formula is C20H21NO3. The van der Waals surface area contributed by atoms with Gasteiger partial charge in [-0.2, -0.15) is 0 Å². The molecule has 0 spiro atoms. The van der Waals surface area contributed by atoms with Gasteiger partial charge >= 0.3 is 0 Å². The molecule has 0 radical (unpaired) electrons. The normalized spacial score (nSPS) is 20.5. The van der Waals surface area contributed by atoms with Gasteiger partial charge in [0, 0.05) is 12.5 Å². The largest absolute Gasteiger partial charge is 0.454 e. The fourth-order valence-electron chi connectivity index (χ4n) is 3.60. The number of nitrogens with zero attached hydrogens (tertiary/aromatic N) is 1. The minimum absolute atomic E-state index is 0.0523. The van der Waals surface area contributed by atoms with Gasteiger partial charge in [-0.25, -0.2) is 0 Å². The number of hydrogen-bond acceptors (Lipinski definition) is 3. The van der Waals surface area contributed by atoms with E-state index in [4.69, 9.17) is 9.47 Å². The fourth-order valence-corrected chi connectivity index (χ4v) is 3.60. The molecular weight excluding hydrogens is 302 g/mol. The van der Waals surface area contributed by atoms with E-state index >= 15 is 0 Å². The zero-order valence-corrected chi connectivity index (χ0v) is 13.8. The number of carbonyl (C=O) groups excluding carboxylic acids is 1. The van der Waals surface area contributed by atoms with Crippen molar-refractivity contribution in [2.24, 2.45) is 5.92 Å². The minimum Gasteiger partial charge on any atom is -0.454 e. The van der Waals surface area contributed by atoms with Gasteiger partial charge in [0.15, 0.2) is 11.5 Å². The quantitative estimate of drug-likeness (QED) is 0.863. The van der Waals surface area contributed by atoms with Gasteiger partial charge in [-0.3, -0.25) is 4.79 Å². The summed E-state index contributed by atoms with van der Waals surface area (Å²) in [5, 5.41) is 0. The third-order valence-electron chi connectivity index (χ3n) is 5.02. The summed E-state index contributed by atoms with van der Waals surface area (Å²) in [6.07, 6.45) is 1.66. The van der Waals surface area contributed by atoms with Crippen LogP contribution in [0.3, 0.4) is 0 Å². The molecule has 1 fully saturated rings. The topological polar surface area (TPSA) is 38.8 Å². The number of ether oxygens (including phenoxy) is 2. The third kappa shape index (κ3) is 2.73. The Labute approximate surface area is 142 Å². The minimum atomic E-state index is 0.0523. The van der Waals surface area contributed by atoms with E-state index in [1.807, 2.05) is 41.3 Å². The van der Waals surface area contributed by atoms with Crippen LogP contribution in [0, 0.1) is 5.92 Å². The van der Waals surface area contributed by atoms with Gasteiger partial charge in [0.25, 0.3) is 0 Å². The van der Waals surface area contributed by atoms with Crippen LogP contribution in [-0.4, -0.2) is 24.1 Å². The van der Waals surface area contributed by atoms with Crippen LogP contribution in [0.4, 0.5) is 0 Å². The Balaban J connectivity index is 1.46. The van der Waals surface area contributed by atoms with Gasteiger partial charge in [-0.1, -0.05) is 36.4 Å². The molecule has 124 valence electrons. The Morgan fingerprint density at radius 2 is 1.92 bits per heavy atom. The van der Waals surface area contributed by atoms with Crippen molar-refractivity contribution in [1.29, 1.82) is 0 Å². The Morgan fingerprint density at radius 3 is 2.75 bits per heavy atom. The van der Waals surface area contributed by atoms with E-state index in [1.54, 1.807) is 0 Å². The number of fused-ring (bicyclic) bond motifs is 1. The maximum absolute atomic E-state index is 12.8. The SMILES string of the molecule is C[C@@H](c1ccccc1)N1CC[C@H](Cc2ccc3c(c2)OCO3)C1=O. The molecule has 0 N–H and O–H groups in total. The zero-order valence-electron chi connectivity index (χ0n) is 13.8. The molecule has 4 heteroatoms. The maximum atomic E-state index is 12.8. The summed E-state index contributed by atoms with van der Waals surface area (Å²) in [6, 6.07) is 16.3. The van der Waals surface area contributed by atoms with Crippen LogP contribution in [0.15, 0.2) is 48.5 Å². The summed E-state index contributed by atoms with van der Waals surface area (Å²) in [7, 11) is 0. The molecule has 2 aliphatic rings. The third-order valence-corrected chi connectivity index (χ3v) is 5.02. The van der Waals surface area contributed by atoms with Crippen LogP contribution in [0.2, 0.25) is 0 Å². The van der Waals surface area contributed by atoms with Crippen molar-refractivity contribution in [3.63, 3.8) is 0 Å². The number of rotatable bonds is 4. The predicted molar refractivity (Wildman–Crippen MR) is 90.9 cm³/mol. The van der Waals surface area contributed by atoms with E-state index in [1.165, 1.54) is 5.56 Å². The lowest BCUT2D eigenvalue weighted by Crippen LogP contribution is -2.30. The summed E-state index contributed by atoms with van der Waals surface area (Å²) >= 11 is 0. The molecule has 1 amide bonds. The smallest absolute Gasteiger partial charge is 0.231 e. The van der Waals surface area contributed by atoms with E-state index in [2.05, 4.69) is 19.1 Å². The van der Waals surface area contributed by atoms with Gasteiger partial charge in [0.2, 0.25) is 12.7 Å². The molecule has 2 aliphatic heterocycles. The molecule has 2 aromatic rings. The summed E-state index contributed by atoms with van der Waals surface area (Å²) < 4.78 is 10.8. The second-order valence-electron chi connectivity index (χ2n) is 6.50.